The summed E-state index contributed by atoms with van der Waals surface area (Å²) in [5, 5.41) is 0. The summed E-state index contributed by atoms with van der Waals surface area (Å²) in [6.07, 6.45) is 59.0. The zero-order valence-corrected chi connectivity index (χ0v) is 39.5. The van der Waals surface area contributed by atoms with Gasteiger partial charge in [0.25, 0.3) is 0 Å². The Labute approximate surface area is 373 Å². The fourth-order valence-corrected chi connectivity index (χ4v) is 7.03. The van der Waals surface area contributed by atoms with Crippen LogP contribution in [-0.4, -0.2) is 49.3 Å². The van der Waals surface area contributed by atoms with E-state index in [0.717, 1.165) is 83.5 Å². The van der Waals surface area contributed by atoms with Crippen molar-refractivity contribution in [2.45, 2.75) is 200 Å². The Morgan fingerprint density at radius 2 is 0.902 bits per heavy atom. The van der Waals surface area contributed by atoms with Crippen LogP contribution in [-0.2, 0) is 32.7 Å². The van der Waals surface area contributed by atoms with E-state index in [9.17, 15) is 19.0 Å². The summed E-state index contributed by atoms with van der Waals surface area (Å²) in [6, 6.07) is 0. The number of carbonyl (C=O) groups excluding carboxylic acids is 2. The Kier molecular flexibility index (Phi) is 44.5. The Balaban J connectivity index is 4.18. The lowest BCUT2D eigenvalue weighted by Crippen LogP contribution is -2.29. The molecule has 0 aromatic carbocycles. The Morgan fingerprint density at radius 3 is 1.34 bits per heavy atom. The second-order valence-electron chi connectivity index (χ2n) is 15.6. The smallest absolute Gasteiger partial charge is 0.462 e. The van der Waals surface area contributed by atoms with E-state index in [1.54, 1.807) is 0 Å². The minimum atomic E-state index is -4.39. The molecule has 0 saturated carbocycles. The van der Waals surface area contributed by atoms with Gasteiger partial charge in [-0.05, 0) is 70.6 Å². The number of allylic oxidation sites excluding steroid dienone is 14. The lowest BCUT2D eigenvalue weighted by molar-refractivity contribution is -0.161. The van der Waals surface area contributed by atoms with Gasteiger partial charge >= 0.3 is 19.8 Å². The molecule has 0 rings (SSSR count). The number of phosphoric ester groups is 1. The molecule has 0 spiro atoms. The molecule has 3 N–H and O–H groups in total. The summed E-state index contributed by atoms with van der Waals surface area (Å²) in [4.78, 5) is 35.0. The highest BCUT2D eigenvalue weighted by Gasteiger charge is 2.26. The topological polar surface area (TPSA) is 134 Å². The van der Waals surface area contributed by atoms with Crippen molar-refractivity contribution in [1.82, 2.24) is 0 Å². The lowest BCUT2D eigenvalue weighted by atomic mass is 10.0. The minimum Gasteiger partial charge on any atom is -0.462 e. The first kappa shape index (κ1) is 58.2. The first-order valence-corrected chi connectivity index (χ1v) is 25.6. The van der Waals surface area contributed by atoms with Crippen LogP contribution >= 0.6 is 7.82 Å². The molecule has 0 aliphatic rings. The van der Waals surface area contributed by atoms with Gasteiger partial charge in [0, 0.05) is 19.4 Å². The predicted octanol–water partition coefficient (Wildman–Crippen LogP) is 14.4. The number of hydrogen-bond acceptors (Lipinski definition) is 8. The van der Waals surface area contributed by atoms with Gasteiger partial charge in [-0.3, -0.25) is 18.6 Å². The number of esters is 2. The van der Waals surface area contributed by atoms with Crippen LogP contribution in [0.15, 0.2) is 85.1 Å². The zero-order valence-electron chi connectivity index (χ0n) is 38.6. The average Bonchev–Trinajstić information content (AvgIpc) is 3.25. The molecule has 0 fully saturated rings. The van der Waals surface area contributed by atoms with Gasteiger partial charge in [0.2, 0.25) is 0 Å². The van der Waals surface area contributed by atoms with E-state index in [1.165, 1.54) is 77.0 Å². The number of unbranched alkanes of at least 4 members (excludes halogenated alkanes) is 17. The second kappa shape index (κ2) is 46.7. The predicted molar refractivity (Wildman–Crippen MR) is 256 cm³/mol. The molecule has 0 amide bonds. The third kappa shape index (κ3) is 46.5. The molecule has 2 unspecified atom stereocenters. The molecule has 0 radical (unpaired) electrons. The molecule has 2 atom stereocenters. The van der Waals surface area contributed by atoms with Crippen LogP contribution in [0.3, 0.4) is 0 Å². The van der Waals surface area contributed by atoms with E-state index in [4.69, 9.17) is 24.3 Å². The zero-order chi connectivity index (χ0) is 44.6. The van der Waals surface area contributed by atoms with Gasteiger partial charge < -0.3 is 20.1 Å². The van der Waals surface area contributed by atoms with Crippen LogP contribution in [0.5, 0.6) is 0 Å². The van der Waals surface area contributed by atoms with E-state index in [0.29, 0.717) is 6.42 Å². The van der Waals surface area contributed by atoms with Gasteiger partial charge in [-0.25, -0.2) is 4.57 Å². The molecule has 0 aromatic rings. The number of rotatable bonds is 44. The molecule has 0 aromatic heterocycles. The molecule has 0 bridgehead atoms. The highest BCUT2D eigenvalue weighted by molar-refractivity contribution is 7.47. The van der Waals surface area contributed by atoms with Gasteiger partial charge in [-0.2, -0.15) is 0 Å². The monoisotopic (exact) mass is 874 g/mol. The van der Waals surface area contributed by atoms with Crippen LogP contribution in [0, 0.1) is 0 Å². The first-order valence-electron chi connectivity index (χ1n) is 24.1. The summed E-state index contributed by atoms with van der Waals surface area (Å²) in [6.45, 7) is 3.58. The third-order valence-corrected chi connectivity index (χ3v) is 10.8. The number of phosphoric acid groups is 1. The van der Waals surface area contributed by atoms with E-state index >= 15 is 0 Å². The van der Waals surface area contributed by atoms with Crippen LogP contribution in [0.1, 0.15) is 194 Å². The summed E-state index contributed by atoms with van der Waals surface area (Å²) in [7, 11) is -4.39. The van der Waals surface area contributed by atoms with Gasteiger partial charge in [-0.1, -0.05) is 195 Å². The second-order valence-corrected chi connectivity index (χ2v) is 17.1. The summed E-state index contributed by atoms with van der Waals surface area (Å²) in [5.41, 5.74) is 5.36. The molecule has 350 valence electrons. The standard InChI is InChI=1S/C51H88NO8P/c1-3-5-7-9-11-13-15-17-19-20-21-22-23-24-25-26-27-28-30-32-34-36-38-40-42-44-51(54)60-49(48-59-61(55,56)58-46-45-52)47-57-50(53)43-41-39-37-35-33-31-29-18-16-14-12-10-8-6-4-2/h5,7,11,13,17,19,21-22,24-25,27-28,32,34,49H,3-4,6,8-10,12,14-16,18,20,23,26,29-31,33,35-48,52H2,1-2H3,(H,55,56)/b7-5-,13-11-,19-17-,22-21-,25-24-,28-27-,34-32-. The molecule has 0 saturated heterocycles. The minimum absolute atomic E-state index is 0.0442. The van der Waals surface area contributed by atoms with Gasteiger partial charge in [0.15, 0.2) is 6.10 Å². The first-order chi connectivity index (χ1) is 29.8. The van der Waals surface area contributed by atoms with Crippen molar-refractivity contribution >= 4 is 19.8 Å². The Bertz CT molecular complexity index is 1270. The maximum atomic E-state index is 12.6. The van der Waals surface area contributed by atoms with Gasteiger partial charge in [0.1, 0.15) is 6.61 Å². The molecule has 9 nitrogen and oxygen atoms in total. The van der Waals surface area contributed by atoms with Gasteiger partial charge in [-0.15, -0.1) is 0 Å². The average molecular weight is 874 g/mol. The number of carbonyl (C=O) groups is 2. The SMILES string of the molecule is CC/C=C\C/C=C\C/C=C\C/C=C\C/C=C\C/C=C\C/C=C\CCCCCC(=O)OC(COC(=O)CCCCCCCCCCCCCCCCC)COP(=O)(O)OCCN. The maximum absolute atomic E-state index is 12.6. The molecule has 10 heteroatoms. The summed E-state index contributed by atoms with van der Waals surface area (Å²) in [5.74, 6) is -0.868. The van der Waals surface area contributed by atoms with Crippen LogP contribution in [0.25, 0.3) is 0 Å². The molecule has 0 aliphatic heterocycles. The highest BCUT2D eigenvalue weighted by atomic mass is 31.2. The van der Waals surface area contributed by atoms with Crippen molar-refractivity contribution in [3.05, 3.63) is 85.1 Å². The highest BCUT2D eigenvalue weighted by Crippen LogP contribution is 2.43. The van der Waals surface area contributed by atoms with Crippen molar-refractivity contribution in [3.8, 4) is 0 Å². The number of hydrogen-bond donors (Lipinski definition) is 2. The third-order valence-electron chi connectivity index (χ3n) is 9.80. The van der Waals surface area contributed by atoms with Crippen LogP contribution < -0.4 is 5.73 Å². The van der Waals surface area contributed by atoms with E-state index in [-0.39, 0.29) is 32.6 Å². The van der Waals surface area contributed by atoms with Gasteiger partial charge in [0.05, 0.1) is 13.2 Å². The number of nitrogens with two attached hydrogens (primary N) is 1. The van der Waals surface area contributed by atoms with E-state index in [2.05, 4.69) is 98.9 Å². The fourth-order valence-electron chi connectivity index (χ4n) is 6.26. The van der Waals surface area contributed by atoms with Crippen molar-refractivity contribution in [2.24, 2.45) is 5.73 Å². The molecular weight excluding hydrogens is 786 g/mol. The quantitative estimate of drug-likeness (QED) is 0.0265. The normalized spacial score (nSPS) is 14.0. The summed E-state index contributed by atoms with van der Waals surface area (Å²) < 4.78 is 32.8. The Hall–Kier alpha value is -2.81. The summed E-state index contributed by atoms with van der Waals surface area (Å²) >= 11 is 0. The molecule has 0 heterocycles. The number of ether oxygens (including phenoxy) is 2. The lowest BCUT2D eigenvalue weighted by Gasteiger charge is -2.19. The largest absolute Gasteiger partial charge is 0.472 e. The van der Waals surface area contributed by atoms with Crippen LogP contribution in [0.2, 0.25) is 0 Å². The van der Waals surface area contributed by atoms with Crippen molar-refractivity contribution < 1.29 is 37.6 Å². The Morgan fingerprint density at radius 1 is 0.508 bits per heavy atom. The van der Waals surface area contributed by atoms with Crippen LogP contribution in [0.4, 0.5) is 0 Å². The van der Waals surface area contributed by atoms with Crippen molar-refractivity contribution in [3.63, 3.8) is 0 Å². The molecule has 0 aliphatic carbocycles. The molecule has 61 heavy (non-hydrogen) atoms. The fraction of sp³-hybridized carbons (Fsp3) is 0.686. The van der Waals surface area contributed by atoms with E-state index in [1.807, 2.05) is 0 Å². The van der Waals surface area contributed by atoms with E-state index < -0.39 is 32.5 Å². The maximum Gasteiger partial charge on any atom is 0.472 e. The van der Waals surface area contributed by atoms with Crippen molar-refractivity contribution in [2.75, 3.05) is 26.4 Å². The molecular formula is C51H88NO8P. The van der Waals surface area contributed by atoms with Crippen molar-refractivity contribution in [1.29, 1.82) is 0 Å².